The molecule has 0 saturated carbocycles. The van der Waals surface area contributed by atoms with Gasteiger partial charge >= 0.3 is 5.97 Å². The number of benzene rings is 2. The number of carbonyl (C=O) groups excluding carboxylic acids is 2. The quantitative estimate of drug-likeness (QED) is 0.271. The summed E-state index contributed by atoms with van der Waals surface area (Å²) >= 11 is 0. The van der Waals surface area contributed by atoms with Crippen LogP contribution in [0, 0.1) is 10.1 Å². The number of rotatable bonds is 5. The van der Waals surface area contributed by atoms with Crippen molar-refractivity contribution in [1.29, 1.82) is 0 Å². The van der Waals surface area contributed by atoms with Gasteiger partial charge in [-0.2, -0.15) is 0 Å². The molecule has 0 atom stereocenters. The zero-order valence-corrected chi connectivity index (χ0v) is 14.8. The van der Waals surface area contributed by atoms with E-state index in [-0.39, 0.29) is 34.7 Å². The van der Waals surface area contributed by atoms with Crippen LogP contribution >= 0.6 is 0 Å². The molecule has 0 spiro atoms. The van der Waals surface area contributed by atoms with Crippen molar-refractivity contribution in [2.45, 2.75) is 6.92 Å². The Bertz CT molecular complexity index is 1010. The highest BCUT2D eigenvalue weighted by molar-refractivity contribution is 6.23. The molecule has 1 amide bonds. The predicted molar refractivity (Wildman–Crippen MR) is 101 cm³/mol. The van der Waals surface area contributed by atoms with Gasteiger partial charge in [0.1, 0.15) is 11.3 Å². The summed E-state index contributed by atoms with van der Waals surface area (Å²) in [5, 5.41) is 24.1. The van der Waals surface area contributed by atoms with Crippen LogP contribution in [0.2, 0.25) is 0 Å². The van der Waals surface area contributed by atoms with Crippen LogP contribution in [0.15, 0.2) is 65.7 Å². The number of ether oxygens (including phenoxy) is 1. The Morgan fingerprint density at radius 1 is 1.14 bits per heavy atom. The first-order valence-electron chi connectivity index (χ1n) is 8.40. The van der Waals surface area contributed by atoms with Gasteiger partial charge in [0.25, 0.3) is 11.6 Å². The highest BCUT2D eigenvalue weighted by Crippen LogP contribution is 2.33. The van der Waals surface area contributed by atoms with Gasteiger partial charge in [-0.15, -0.1) is 0 Å². The van der Waals surface area contributed by atoms with E-state index in [9.17, 15) is 24.8 Å². The van der Waals surface area contributed by atoms with Crippen LogP contribution in [0.5, 0.6) is 0 Å². The Balaban J connectivity index is 2.17. The van der Waals surface area contributed by atoms with E-state index in [1.165, 1.54) is 24.3 Å². The van der Waals surface area contributed by atoms with Crippen LogP contribution in [-0.4, -0.2) is 28.5 Å². The van der Waals surface area contributed by atoms with Crippen molar-refractivity contribution in [2.75, 3.05) is 6.61 Å². The topological polar surface area (TPSA) is 119 Å². The number of aliphatic hydroxyl groups excluding tert-OH is 1. The van der Waals surface area contributed by atoms with Gasteiger partial charge in [0.15, 0.2) is 0 Å². The van der Waals surface area contributed by atoms with E-state index in [1.807, 2.05) is 0 Å². The third-order valence-electron chi connectivity index (χ3n) is 4.10. The van der Waals surface area contributed by atoms with Crippen molar-refractivity contribution in [3.05, 3.63) is 87.0 Å². The minimum absolute atomic E-state index is 0.0875. The molecule has 0 radical (unpaired) electrons. The fourth-order valence-electron chi connectivity index (χ4n) is 2.82. The summed E-state index contributed by atoms with van der Waals surface area (Å²) in [7, 11) is 0. The van der Waals surface area contributed by atoms with E-state index in [2.05, 4.69) is 5.32 Å². The van der Waals surface area contributed by atoms with E-state index in [1.54, 1.807) is 37.3 Å². The summed E-state index contributed by atoms with van der Waals surface area (Å²) in [5.74, 6) is -1.90. The van der Waals surface area contributed by atoms with Crippen LogP contribution in [0.4, 0.5) is 5.69 Å². The Morgan fingerprint density at radius 3 is 2.36 bits per heavy atom. The summed E-state index contributed by atoms with van der Waals surface area (Å²) in [6, 6.07) is 13.7. The van der Waals surface area contributed by atoms with Crippen LogP contribution in [0.3, 0.4) is 0 Å². The molecule has 28 heavy (non-hydrogen) atoms. The molecule has 8 heteroatoms. The van der Waals surface area contributed by atoms with E-state index in [0.29, 0.717) is 5.56 Å². The number of aliphatic hydroxyl groups is 1. The fraction of sp³-hybridized carbons (Fsp3) is 0.100. The largest absolute Gasteiger partial charge is 0.506 e. The maximum atomic E-state index is 12.6. The minimum Gasteiger partial charge on any atom is -0.506 e. The number of nitrogens with zero attached hydrogens (tertiary/aromatic N) is 1. The van der Waals surface area contributed by atoms with Gasteiger partial charge in [-0.05, 0) is 24.6 Å². The SMILES string of the molecule is CCOC(=O)C1=C(c2ccccc2)NC(=O)/C1=C(/O)c1ccc([N+](=O)[O-])cc1. The predicted octanol–water partition coefficient (Wildman–Crippen LogP) is 2.97. The van der Waals surface area contributed by atoms with Crippen molar-refractivity contribution in [3.8, 4) is 0 Å². The summed E-state index contributed by atoms with van der Waals surface area (Å²) in [6.07, 6.45) is 0. The number of hydrogen-bond donors (Lipinski definition) is 2. The smallest absolute Gasteiger partial charge is 0.341 e. The number of nitro benzene ring substituents is 1. The number of nitrogens with one attached hydrogen (secondary N) is 1. The van der Waals surface area contributed by atoms with E-state index >= 15 is 0 Å². The Labute approximate surface area is 159 Å². The van der Waals surface area contributed by atoms with Crippen LogP contribution in [0.25, 0.3) is 11.5 Å². The zero-order chi connectivity index (χ0) is 20.3. The third-order valence-corrected chi connectivity index (χ3v) is 4.10. The molecule has 0 saturated heterocycles. The van der Waals surface area contributed by atoms with Crippen molar-refractivity contribution in [2.24, 2.45) is 0 Å². The van der Waals surface area contributed by atoms with Crippen molar-refractivity contribution in [1.82, 2.24) is 5.32 Å². The standard InChI is InChI=1S/C20H16N2O6/c1-2-28-20(25)15-16(18(23)13-8-10-14(11-9-13)22(26)27)19(24)21-17(15)12-6-4-3-5-7-12/h3-11,23H,2H2,1H3,(H,21,24)/b18-16+. The van der Waals surface area contributed by atoms with Gasteiger partial charge in [-0.1, -0.05) is 30.3 Å². The van der Waals surface area contributed by atoms with Gasteiger partial charge in [-0.25, -0.2) is 4.79 Å². The normalized spacial score (nSPS) is 15.2. The number of nitro groups is 1. The van der Waals surface area contributed by atoms with E-state index in [4.69, 9.17) is 4.74 Å². The summed E-state index contributed by atoms with van der Waals surface area (Å²) < 4.78 is 5.07. The Hall–Kier alpha value is -3.94. The number of esters is 1. The van der Waals surface area contributed by atoms with Crippen molar-refractivity contribution >= 4 is 29.0 Å². The molecule has 2 N–H and O–H groups in total. The summed E-state index contributed by atoms with van der Waals surface area (Å²) in [4.78, 5) is 35.4. The van der Waals surface area contributed by atoms with Gasteiger partial charge in [0, 0.05) is 17.7 Å². The van der Waals surface area contributed by atoms with E-state index in [0.717, 1.165) is 0 Å². The maximum absolute atomic E-state index is 12.6. The first-order valence-corrected chi connectivity index (χ1v) is 8.40. The third kappa shape index (κ3) is 3.48. The zero-order valence-electron chi connectivity index (χ0n) is 14.8. The molecule has 0 fully saturated rings. The second-order valence-corrected chi connectivity index (χ2v) is 5.82. The lowest BCUT2D eigenvalue weighted by molar-refractivity contribution is -0.384. The van der Waals surface area contributed by atoms with Gasteiger partial charge < -0.3 is 15.2 Å². The average molecular weight is 380 g/mol. The lowest BCUT2D eigenvalue weighted by atomic mass is 9.99. The number of amides is 1. The number of hydrogen-bond acceptors (Lipinski definition) is 6. The number of carbonyl (C=O) groups is 2. The second kappa shape index (κ2) is 7.75. The molecule has 1 aliphatic heterocycles. The van der Waals surface area contributed by atoms with Crippen LogP contribution < -0.4 is 5.32 Å². The lowest BCUT2D eigenvalue weighted by Gasteiger charge is -2.08. The molecule has 1 heterocycles. The van der Waals surface area contributed by atoms with Crippen molar-refractivity contribution < 1.29 is 24.4 Å². The van der Waals surface area contributed by atoms with Crippen LogP contribution in [0.1, 0.15) is 18.1 Å². The van der Waals surface area contributed by atoms with Gasteiger partial charge in [0.05, 0.1) is 22.8 Å². The number of non-ortho nitro benzene ring substituents is 1. The molecule has 2 aromatic carbocycles. The van der Waals surface area contributed by atoms with E-state index < -0.39 is 22.6 Å². The molecule has 2 aromatic rings. The Morgan fingerprint density at radius 2 is 1.79 bits per heavy atom. The monoisotopic (exact) mass is 380 g/mol. The average Bonchev–Trinajstić information content (AvgIpc) is 3.05. The molecule has 0 aliphatic carbocycles. The minimum atomic E-state index is -0.761. The first-order chi connectivity index (χ1) is 13.4. The molecular weight excluding hydrogens is 364 g/mol. The highest BCUT2D eigenvalue weighted by atomic mass is 16.6. The highest BCUT2D eigenvalue weighted by Gasteiger charge is 2.36. The first kappa shape index (κ1) is 18.8. The molecule has 3 rings (SSSR count). The Kier molecular flexibility index (Phi) is 5.21. The molecule has 1 aliphatic rings. The van der Waals surface area contributed by atoms with Crippen LogP contribution in [-0.2, 0) is 14.3 Å². The second-order valence-electron chi connectivity index (χ2n) is 5.82. The lowest BCUT2D eigenvalue weighted by Crippen LogP contribution is -2.17. The molecular formula is C20H16N2O6. The molecule has 0 unspecified atom stereocenters. The summed E-state index contributed by atoms with van der Waals surface area (Å²) in [6.45, 7) is 1.72. The van der Waals surface area contributed by atoms with Gasteiger partial charge in [0.2, 0.25) is 0 Å². The molecule has 0 aromatic heterocycles. The summed E-state index contributed by atoms with van der Waals surface area (Å²) in [5.41, 5.74) is 0.466. The fourth-order valence-corrected chi connectivity index (χ4v) is 2.82. The van der Waals surface area contributed by atoms with Crippen molar-refractivity contribution in [3.63, 3.8) is 0 Å². The molecule has 8 nitrogen and oxygen atoms in total. The molecule has 142 valence electrons. The maximum Gasteiger partial charge on any atom is 0.341 e. The van der Waals surface area contributed by atoms with Gasteiger partial charge in [-0.3, -0.25) is 14.9 Å². The molecule has 0 bridgehead atoms.